The van der Waals surface area contributed by atoms with Crippen LogP contribution in [0, 0.1) is 0 Å². The molecule has 1 amide bonds. The predicted molar refractivity (Wildman–Crippen MR) is 90.9 cm³/mol. The fraction of sp³-hybridized carbons (Fsp3) is 0.133. The van der Waals surface area contributed by atoms with Crippen LogP contribution in [-0.2, 0) is 4.79 Å². The number of amides is 1. The topological polar surface area (TPSA) is 64.3 Å². The molecule has 2 aromatic rings. The smallest absolute Gasteiger partial charge is 0.234 e. The van der Waals surface area contributed by atoms with Crippen molar-refractivity contribution < 1.29 is 9.53 Å². The molecule has 3 N–H and O–H groups in total. The molecule has 0 aromatic heterocycles. The molecular weight excluding hydrogens is 352 g/mol. The summed E-state index contributed by atoms with van der Waals surface area (Å²) < 4.78 is 5.86. The van der Waals surface area contributed by atoms with Crippen LogP contribution in [0.2, 0.25) is 0 Å². The maximum Gasteiger partial charge on any atom is 0.234 e. The number of halogens is 1. The minimum atomic E-state index is -0.0683. The Morgan fingerprint density at radius 2 is 2.00 bits per heavy atom. The fourth-order valence-electron chi connectivity index (χ4n) is 1.64. The van der Waals surface area contributed by atoms with E-state index in [0.29, 0.717) is 17.1 Å². The first kappa shape index (κ1) is 15.7. The van der Waals surface area contributed by atoms with E-state index in [9.17, 15) is 4.79 Å². The number of anilines is 2. The van der Waals surface area contributed by atoms with E-state index in [4.69, 9.17) is 10.5 Å². The van der Waals surface area contributed by atoms with Crippen molar-refractivity contribution in [3.05, 3.63) is 46.9 Å². The van der Waals surface area contributed by atoms with Gasteiger partial charge in [0.25, 0.3) is 0 Å². The molecule has 0 radical (unpaired) electrons. The zero-order chi connectivity index (χ0) is 15.2. The van der Waals surface area contributed by atoms with E-state index >= 15 is 0 Å². The lowest BCUT2D eigenvalue weighted by molar-refractivity contribution is -0.113. The SMILES string of the molecule is COc1ccc(SCC(=O)Nc2ccc(N)cc2Br)cc1. The molecule has 2 rings (SSSR count). The summed E-state index contributed by atoms with van der Waals surface area (Å²) in [5.74, 6) is 1.07. The molecule has 0 spiro atoms. The Labute approximate surface area is 136 Å². The highest BCUT2D eigenvalue weighted by Crippen LogP contribution is 2.26. The molecule has 21 heavy (non-hydrogen) atoms. The molecule has 2 aromatic carbocycles. The minimum absolute atomic E-state index is 0.0683. The number of methoxy groups -OCH3 is 1. The van der Waals surface area contributed by atoms with Gasteiger partial charge in [-0.2, -0.15) is 0 Å². The highest BCUT2D eigenvalue weighted by molar-refractivity contribution is 9.10. The van der Waals surface area contributed by atoms with Crippen molar-refractivity contribution in [1.82, 2.24) is 0 Å². The van der Waals surface area contributed by atoms with Crippen molar-refractivity contribution in [2.24, 2.45) is 0 Å². The summed E-state index contributed by atoms with van der Waals surface area (Å²) in [6, 6.07) is 12.9. The van der Waals surface area contributed by atoms with Crippen molar-refractivity contribution in [1.29, 1.82) is 0 Å². The van der Waals surface area contributed by atoms with Gasteiger partial charge >= 0.3 is 0 Å². The van der Waals surface area contributed by atoms with Crippen LogP contribution in [0.25, 0.3) is 0 Å². The van der Waals surface area contributed by atoms with Crippen molar-refractivity contribution in [3.63, 3.8) is 0 Å². The van der Waals surface area contributed by atoms with E-state index in [-0.39, 0.29) is 5.91 Å². The van der Waals surface area contributed by atoms with Gasteiger partial charge in [-0.15, -0.1) is 11.8 Å². The van der Waals surface area contributed by atoms with Crippen LogP contribution in [-0.4, -0.2) is 18.8 Å². The van der Waals surface area contributed by atoms with Crippen LogP contribution in [0.15, 0.2) is 51.8 Å². The first-order chi connectivity index (χ1) is 10.1. The molecule has 4 nitrogen and oxygen atoms in total. The number of benzene rings is 2. The molecule has 0 aliphatic heterocycles. The molecule has 0 saturated carbocycles. The third kappa shape index (κ3) is 4.68. The van der Waals surface area contributed by atoms with E-state index in [1.807, 2.05) is 24.3 Å². The van der Waals surface area contributed by atoms with Crippen LogP contribution in [0.3, 0.4) is 0 Å². The maximum atomic E-state index is 11.9. The predicted octanol–water partition coefficient (Wildman–Crippen LogP) is 3.77. The highest BCUT2D eigenvalue weighted by Gasteiger charge is 2.07. The molecule has 6 heteroatoms. The van der Waals surface area contributed by atoms with Crippen LogP contribution in [0.1, 0.15) is 0 Å². The molecule has 0 fully saturated rings. The summed E-state index contributed by atoms with van der Waals surface area (Å²) in [6.45, 7) is 0. The van der Waals surface area contributed by atoms with Gasteiger partial charge in [0.1, 0.15) is 5.75 Å². The van der Waals surface area contributed by atoms with E-state index in [1.54, 1.807) is 25.3 Å². The Morgan fingerprint density at radius 3 is 2.62 bits per heavy atom. The number of nitrogens with two attached hydrogens (primary N) is 1. The van der Waals surface area contributed by atoms with E-state index < -0.39 is 0 Å². The lowest BCUT2D eigenvalue weighted by Crippen LogP contribution is -2.14. The zero-order valence-corrected chi connectivity index (χ0v) is 13.8. The minimum Gasteiger partial charge on any atom is -0.497 e. The number of nitrogen functional groups attached to an aromatic ring is 1. The van der Waals surface area contributed by atoms with Crippen molar-refractivity contribution in [2.45, 2.75) is 4.90 Å². The Hall–Kier alpha value is -1.66. The number of hydrogen-bond acceptors (Lipinski definition) is 4. The lowest BCUT2D eigenvalue weighted by atomic mass is 10.3. The summed E-state index contributed by atoms with van der Waals surface area (Å²) >= 11 is 4.84. The molecule has 0 heterocycles. The summed E-state index contributed by atoms with van der Waals surface area (Å²) in [5.41, 5.74) is 7.02. The number of rotatable bonds is 5. The molecule has 110 valence electrons. The average Bonchev–Trinajstić information content (AvgIpc) is 2.48. The molecule has 0 atom stereocenters. The van der Waals surface area contributed by atoms with E-state index in [0.717, 1.165) is 15.1 Å². The summed E-state index contributed by atoms with van der Waals surface area (Å²) in [4.78, 5) is 13.0. The first-order valence-electron chi connectivity index (χ1n) is 6.20. The number of carbonyl (C=O) groups excluding carboxylic acids is 1. The van der Waals surface area contributed by atoms with E-state index in [2.05, 4.69) is 21.2 Å². The van der Waals surface area contributed by atoms with Gasteiger partial charge in [-0.25, -0.2) is 0 Å². The van der Waals surface area contributed by atoms with Gasteiger partial charge in [0.05, 0.1) is 18.6 Å². The molecule has 0 aliphatic rings. The van der Waals surface area contributed by atoms with Gasteiger partial charge in [-0.05, 0) is 58.4 Å². The quantitative estimate of drug-likeness (QED) is 0.624. The molecular formula is C15H15BrN2O2S. The van der Waals surface area contributed by atoms with Gasteiger partial charge in [-0.3, -0.25) is 4.79 Å². The summed E-state index contributed by atoms with van der Waals surface area (Å²) in [7, 11) is 1.63. The average molecular weight is 367 g/mol. The van der Waals surface area contributed by atoms with Gasteiger partial charge < -0.3 is 15.8 Å². The molecule has 0 unspecified atom stereocenters. The monoisotopic (exact) mass is 366 g/mol. The van der Waals surface area contributed by atoms with Gasteiger partial charge in [-0.1, -0.05) is 0 Å². The molecule has 0 bridgehead atoms. The summed E-state index contributed by atoms with van der Waals surface area (Å²) in [6.07, 6.45) is 0. The fourth-order valence-corrected chi connectivity index (χ4v) is 2.83. The Kier molecular flexibility index (Phi) is 5.52. The normalized spacial score (nSPS) is 10.2. The third-order valence-corrected chi connectivity index (χ3v) is 4.36. The van der Waals surface area contributed by atoms with Gasteiger partial charge in [0.15, 0.2) is 0 Å². The van der Waals surface area contributed by atoms with Crippen LogP contribution < -0.4 is 15.8 Å². The number of carbonyl (C=O) groups is 1. The third-order valence-electron chi connectivity index (χ3n) is 2.70. The van der Waals surface area contributed by atoms with Crippen LogP contribution in [0.5, 0.6) is 5.75 Å². The second-order valence-electron chi connectivity index (χ2n) is 4.25. The van der Waals surface area contributed by atoms with Crippen LogP contribution in [0.4, 0.5) is 11.4 Å². The van der Waals surface area contributed by atoms with Gasteiger partial charge in [0, 0.05) is 15.1 Å². The highest BCUT2D eigenvalue weighted by atomic mass is 79.9. The number of ether oxygens (including phenoxy) is 1. The molecule has 0 saturated heterocycles. The Bertz CT molecular complexity index is 632. The summed E-state index contributed by atoms with van der Waals surface area (Å²) in [5, 5.41) is 2.84. The first-order valence-corrected chi connectivity index (χ1v) is 7.98. The number of nitrogens with one attached hydrogen (secondary N) is 1. The maximum absolute atomic E-state index is 11.9. The second-order valence-corrected chi connectivity index (χ2v) is 6.15. The van der Waals surface area contributed by atoms with E-state index in [1.165, 1.54) is 11.8 Å². The zero-order valence-electron chi connectivity index (χ0n) is 11.4. The second kappa shape index (κ2) is 7.38. The molecule has 0 aliphatic carbocycles. The Balaban J connectivity index is 1.89. The largest absolute Gasteiger partial charge is 0.497 e. The van der Waals surface area contributed by atoms with Gasteiger partial charge in [0.2, 0.25) is 5.91 Å². The lowest BCUT2D eigenvalue weighted by Gasteiger charge is -2.08. The van der Waals surface area contributed by atoms with Crippen molar-refractivity contribution >= 4 is 45.0 Å². The number of hydrogen-bond donors (Lipinski definition) is 2. The standard InChI is InChI=1S/C15H15BrN2O2S/c1-20-11-3-5-12(6-4-11)21-9-15(19)18-14-7-2-10(17)8-13(14)16/h2-8H,9,17H2,1H3,(H,18,19). The van der Waals surface area contributed by atoms with Crippen LogP contribution >= 0.6 is 27.7 Å². The van der Waals surface area contributed by atoms with Crippen molar-refractivity contribution in [3.8, 4) is 5.75 Å². The Morgan fingerprint density at radius 1 is 1.29 bits per heavy atom. The number of thioether (sulfide) groups is 1. The van der Waals surface area contributed by atoms with Crippen molar-refractivity contribution in [2.75, 3.05) is 23.9 Å².